The minimum Gasteiger partial charge on any atom is -0.456 e. The molecule has 0 bridgehead atoms. The van der Waals surface area contributed by atoms with Gasteiger partial charge in [-0.1, -0.05) is 29.3 Å². The van der Waals surface area contributed by atoms with Gasteiger partial charge in [0.05, 0.1) is 0 Å². The fourth-order valence-electron chi connectivity index (χ4n) is 1.52. The van der Waals surface area contributed by atoms with Crippen molar-refractivity contribution in [3.8, 4) is 0 Å². The van der Waals surface area contributed by atoms with Crippen molar-refractivity contribution in [1.82, 2.24) is 0 Å². The van der Waals surface area contributed by atoms with Crippen LogP contribution in [0.2, 0.25) is 10.0 Å². The van der Waals surface area contributed by atoms with Gasteiger partial charge in [0, 0.05) is 15.6 Å². The minimum absolute atomic E-state index is 0.470. The molecular formula is C10H8Cl2O2. The van der Waals surface area contributed by atoms with Gasteiger partial charge in [-0.2, -0.15) is 0 Å². The average molecular weight is 231 g/mol. The van der Waals surface area contributed by atoms with E-state index in [1.54, 1.807) is 18.2 Å². The van der Waals surface area contributed by atoms with E-state index in [0.29, 0.717) is 16.5 Å². The Hall–Kier alpha value is -0.730. The zero-order chi connectivity index (χ0) is 10.2. The van der Waals surface area contributed by atoms with E-state index in [-0.39, 0.29) is 0 Å². The molecule has 0 N–H and O–H groups in total. The van der Waals surface area contributed by atoms with E-state index in [2.05, 4.69) is 0 Å². The molecule has 1 aliphatic rings. The van der Waals surface area contributed by atoms with Gasteiger partial charge < -0.3 is 4.74 Å². The highest BCUT2D eigenvalue weighted by molar-refractivity contribution is 6.35. The standard InChI is InChI=1S/C10H8Cl2O2/c11-7-1-2-8(9(12)5-7)10(3-4-10)14-6-13/h1-2,5-6H,3-4H2. The Balaban J connectivity index is 2.36. The monoisotopic (exact) mass is 230 g/mol. The maximum atomic E-state index is 10.3. The maximum absolute atomic E-state index is 10.3. The first-order valence-corrected chi connectivity index (χ1v) is 5.00. The molecule has 1 saturated carbocycles. The van der Waals surface area contributed by atoms with Crippen LogP contribution in [0.25, 0.3) is 0 Å². The van der Waals surface area contributed by atoms with Crippen molar-refractivity contribution >= 4 is 29.7 Å². The molecule has 14 heavy (non-hydrogen) atoms. The van der Waals surface area contributed by atoms with Gasteiger partial charge in [-0.05, 0) is 25.0 Å². The van der Waals surface area contributed by atoms with Crippen LogP contribution in [0.15, 0.2) is 18.2 Å². The molecule has 0 radical (unpaired) electrons. The van der Waals surface area contributed by atoms with Gasteiger partial charge >= 0.3 is 0 Å². The van der Waals surface area contributed by atoms with Crippen molar-refractivity contribution in [2.75, 3.05) is 0 Å². The van der Waals surface area contributed by atoms with Gasteiger partial charge in [0.2, 0.25) is 0 Å². The van der Waals surface area contributed by atoms with Gasteiger partial charge in [0.25, 0.3) is 6.47 Å². The summed E-state index contributed by atoms with van der Waals surface area (Å²) in [5, 5.41) is 1.14. The molecular weight excluding hydrogens is 223 g/mol. The number of halogens is 2. The zero-order valence-electron chi connectivity index (χ0n) is 7.30. The molecule has 2 rings (SSSR count). The van der Waals surface area contributed by atoms with Crippen molar-refractivity contribution in [3.05, 3.63) is 33.8 Å². The molecule has 0 saturated heterocycles. The molecule has 74 valence electrons. The molecule has 0 amide bonds. The summed E-state index contributed by atoms with van der Waals surface area (Å²) in [6.07, 6.45) is 1.65. The van der Waals surface area contributed by atoms with Crippen LogP contribution in [0.3, 0.4) is 0 Å². The third-order valence-corrected chi connectivity index (χ3v) is 2.95. The molecule has 1 aromatic carbocycles. The maximum Gasteiger partial charge on any atom is 0.293 e. The molecule has 0 aliphatic heterocycles. The number of benzene rings is 1. The molecule has 0 spiro atoms. The van der Waals surface area contributed by atoms with E-state index < -0.39 is 5.60 Å². The molecule has 1 aromatic rings. The lowest BCUT2D eigenvalue weighted by Gasteiger charge is -2.15. The Labute approximate surface area is 91.8 Å². The number of hydrogen-bond acceptors (Lipinski definition) is 2. The SMILES string of the molecule is O=COC1(c2ccc(Cl)cc2Cl)CC1. The predicted molar refractivity (Wildman–Crippen MR) is 54.5 cm³/mol. The van der Waals surface area contributed by atoms with Crippen LogP contribution in [-0.4, -0.2) is 6.47 Å². The topological polar surface area (TPSA) is 26.3 Å². The Kier molecular flexibility index (Phi) is 2.41. The van der Waals surface area contributed by atoms with Gasteiger partial charge in [-0.25, -0.2) is 0 Å². The first-order chi connectivity index (χ1) is 6.68. The van der Waals surface area contributed by atoms with E-state index in [1.807, 2.05) is 0 Å². The molecule has 0 heterocycles. The largest absolute Gasteiger partial charge is 0.456 e. The molecule has 4 heteroatoms. The van der Waals surface area contributed by atoms with Gasteiger partial charge in [0.1, 0.15) is 5.60 Å². The van der Waals surface area contributed by atoms with Crippen molar-refractivity contribution in [1.29, 1.82) is 0 Å². The summed E-state index contributed by atoms with van der Waals surface area (Å²) in [7, 11) is 0. The molecule has 1 fully saturated rings. The van der Waals surface area contributed by atoms with Crippen LogP contribution in [0.5, 0.6) is 0 Å². The number of carbonyl (C=O) groups excluding carboxylic acids is 1. The van der Waals surface area contributed by atoms with Crippen LogP contribution >= 0.6 is 23.2 Å². The van der Waals surface area contributed by atoms with Gasteiger partial charge in [-0.15, -0.1) is 0 Å². The summed E-state index contributed by atoms with van der Waals surface area (Å²) < 4.78 is 5.04. The lowest BCUT2D eigenvalue weighted by Crippen LogP contribution is -2.11. The van der Waals surface area contributed by atoms with Crippen LogP contribution in [0, 0.1) is 0 Å². The van der Waals surface area contributed by atoms with Crippen molar-refractivity contribution in [2.24, 2.45) is 0 Å². The molecule has 0 aromatic heterocycles. The Morgan fingerprint density at radius 1 is 1.36 bits per heavy atom. The summed E-state index contributed by atoms with van der Waals surface area (Å²) in [5.41, 5.74) is 0.360. The Morgan fingerprint density at radius 3 is 2.57 bits per heavy atom. The smallest absolute Gasteiger partial charge is 0.293 e. The number of rotatable bonds is 3. The van der Waals surface area contributed by atoms with Crippen LogP contribution in [-0.2, 0) is 15.1 Å². The number of hydrogen-bond donors (Lipinski definition) is 0. The first-order valence-electron chi connectivity index (χ1n) is 4.25. The zero-order valence-corrected chi connectivity index (χ0v) is 8.81. The number of carbonyl (C=O) groups is 1. The van der Waals surface area contributed by atoms with Crippen LogP contribution < -0.4 is 0 Å². The third kappa shape index (κ3) is 1.60. The number of ether oxygens (including phenoxy) is 1. The second-order valence-electron chi connectivity index (χ2n) is 3.33. The summed E-state index contributed by atoms with van der Waals surface area (Å²) >= 11 is 11.8. The van der Waals surface area contributed by atoms with Crippen LogP contribution in [0.1, 0.15) is 18.4 Å². The quantitative estimate of drug-likeness (QED) is 0.747. The Morgan fingerprint density at radius 2 is 2.07 bits per heavy atom. The van der Waals surface area contributed by atoms with E-state index in [1.165, 1.54) is 0 Å². The molecule has 0 atom stereocenters. The van der Waals surface area contributed by atoms with Crippen molar-refractivity contribution in [2.45, 2.75) is 18.4 Å². The van der Waals surface area contributed by atoms with Crippen molar-refractivity contribution in [3.63, 3.8) is 0 Å². The minimum atomic E-state index is -0.483. The van der Waals surface area contributed by atoms with Gasteiger partial charge in [0.15, 0.2) is 0 Å². The summed E-state index contributed by atoms with van der Waals surface area (Å²) in [6, 6.07) is 5.21. The third-order valence-electron chi connectivity index (χ3n) is 2.40. The van der Waals surface area contributed by atoms with E-state index in [0.717, 1.165) is 18.4 Å². The fourth-order valence-corrected chi connectivity index (χ4v) is 2.10. The molecule has 2 nitrogen and oxygen atoms in total. The molecule has 0 unspecified atom stereocenters. The Bertz CT molecular complexity index is 372. The van der Waals surface area contributed by atoms with E-state index in [4.69, 9.17) is 27.9 Å². The fraction of sp³-hybridized carbons (Fsp3) is 0.300. The van der Waals surface area contributed by atoms with E-state index >= 15 is 0 Å². The van der Waals surface area contributed by atoms with Crippen molar-refractivity contribution < 1.29 is 9.53 Å². The summed E-state index contributed by atoms with van der Waals surface area (Å²) in [5.74, 6) is 0. The normalized spacial score (nSPS) is 17.6. The highest BCUT2D eigenvalue weighted by Gasteiger charge is 2.48. The lowest BCUT2D eigenvalue weighted by atomic mass is 10.1. The van der Waals surface area contributed by atoms with Gasteiger partial charge in [-0.3, -0.25) is 4.79 Å². The molecule has 1 aliphatic carbocycles. The second kappa shape index (κ2) is 3.44. The predicted octanol–water partition coefficient (Wildman–Crippen LogP) is 3.16. The van der Waals surface area contributed by atoms with Crippen LogP contribution in [0.4, 0.5) is 0 Å². The first kappa shape index (κ1) is 9.81. The highest BCUT2D eigenvalue weighted by atomic mass is 35.5. The summed E-state index contributed by atoms with van der Waals surface area (Å²) in [6.45, 7) is 0.470. The van der Waals surface area contributed by atoms with E-state index in [9.17, 15) is 4.79 Å². The summed E-state index contributed by atoms with van der Waals surface area (Å²) in [4.78, 5) is 10.3. The second-order valence-corrected chi connectivity index (χ2v) is 4.18. The lowest BCUT2D eigenvalue weighted by molar-refractivity contribution is -0.136. The highest BCUT2D eigenvalue weighted by Crippen LogP contribution is 2.51. The average Bonchev–Trinajstić information content (AvgIpc) is 2.86.